The van der Waals surface area contributed by atoms with Crippen LogP contribution in [0.15, 0.2) is 72.6 Å². The number of carbonyl (C=O) groups is 2. The van der Waals surface area contributed by atoms with E-state index in [4.69, 9.17) is 0 Å². The third-order valence-electron chi connectivity index (χ3n) is 6.32. The number of amides is 2. The van der Waals surface area contributed by atoms with Crippen molar-refractivity contribution in [2.24, 2.45) is 0 Å². The summed E-state index contributed by atoms with van der Waals surface area (Å²) in [6.07, 6.45) is 3.27. The Bertz CT molecular complexity index is 1630. The van der Waals surface area contributed by atoms with E-state index in [-0.39, 0.29) is 23.5 Å². The molecule has 0 radical (unpaired) electrons. The molecule has 0 unspecified atom stereocenters. The number of para-hydroxylation sites is 1. The van der Waals surface area contributed by atoms with Gasteiger partial charge in [0.15, 0.2) is 0 Å². The molecule has 2 heterocycles. The minimum atomic E-state index is -0.720. The van der Waals surface area contributed by atoms with Gasteiger partial charge in [0.25, 0.3) is 17.4 Å². The van der Waals surface area contributed by atoms with Gasteiger partial charge < -0.3 is 10.2 Å². The van der Waals surface area contributed by atoms with E-state index in [9.17, 15) is 14.4 Å². The Hall–Kier alpha value is -4.53. The number of rotatable bonds is 7. The highest BCUT2D eigenvalue weighted by atomic mass is 16.2. The predicted molar refractivity (Wildman–Crippen MR) is 146 cm³/mol. The lowest BCUT2D eigenvalue weighted by molar-refractivity contribution is -0.129. The molecule has 0 saturated heterocycles. The maximum Gasteiger partial charge on any atom is 0.272 e. The molecule has 190 valence electrons. The average molecular weight is 499 g/mol. The van der Waals surface area contributed by atoms with Crippen molar-refractivity contribution in [3.8, 4) is 11.1 Å². The van der Waals surface area contributed by atoms with Gasteiger partial charge in [0, 0.05) is 36.3 Å². The Morgan fingerprint density at radius 3 is 2.49 bits per heavy atom. The number of carbonyl (C=O) groups excluding carboxylic acids is 2. The molecule has 0 bridgehead atoms. The summed E-state index contributed by atoms with van der Waals surface area (Å²) in [5.41, 5.74) is 2.34. The zero-order valence-electron chi connectivity index (χ0n) is 21.6. The molecule has 2 aromatic carbocycles. The van der Waals surface area contributed by atoms with Crippen molar-refractivity contribution in [2.75, 3.05) is 7.05 Å². The van der Waals surface area contributed by atoms with Gasteiger partial charge in [-0.15, -0.1) is 0 Å². The second kappa shape index (κ2) is 9.85. The molecule has 2 amide bonds. The van der Waals surface area contributed by atoms with E-state index in [0.717, 1.165) is 26.6 Å². The first-order chi connectivity index (χ1) is 17.5. The number of hydrogen-bond donors (Lipinski definition) is 1. The molecule has 9 heteroatoms. The van der Waals surface area contributed by atoms with E-state index in [0.29, 0.717) is 10.9 Å². The quantitative estimate of drug-likeness (QED) is 0.389. The smallest absolute Gasteiger partial charge is 0.272 e. The van der Waals surface area contributed by atoms with Gasteiger partial charge in [-0.3, -0.25) is 23.6 Å². The van der Waals surface area contributed by atoms with Crippen molar-refractivity contribution < 1.29 is 9.59 Å². The Labute approximate surface area is 214 Å². The van der Waals surface area contributed by atoms with Gasteiger partial charge in [-0.05, 0) is 51.5 Å². The first-order valence-corrected chi connectivity index (χ1v) is 12.0. The van der Waals surface area contributed by atoms with E-state index >= 15 is 0 Å². The van der Waals surface area contributed by atoms with Gasteiger partial charge in [0.2, 0.25) is 0 Å². The zero-order valence-corrected chi connectivity index (χ0v) is 21.6. The SMILES string of the molecule is C=C(NC(=O)C(=C)n1cnc2c(-c3ccc4nn(C(C)C)cc4c3)cccc2c1=O)C(=O)N(C)C(C)C. The maximum atomic E-state index is 13.3. The number of nitrogens with one attached hydrogen (secondary N) is 1. The Balaban J connectivity index is 1.66. The summed E-state index contributed by atoms with van der Waals surface area (Å²) in [6, 6.07) is 11.4. The first kappa shape index (κ1) is 25.6. The molecule has 0 spiro atoms. The summed E-state index contributed by atoms with van der Waals surface area (Å²) in [7, 11) is 1.61. The number of aromatic nitrogens is 4. The Morgan fingerprint density at radius 1 is 1.08 bits per heavy atom. The summed E-state index contributed by atoms with van der Waals surface area (Å²) in [5, 5.41) is 8.34. The zero-order chi connectivity index (χ0) is 27.0. The van der Waals surface area contributed by atoms with Gasteiger partial charge in [-0.1, -0.05) is 31.4 Å². The van der Waals surface area contributed by atoms with Crippen molar-refractivity contribution in [1.29, 1.82) is 0 Å². The van der Waals surface area contributed by atoms with Gasteiger partial charge in [0.1, 0.15) is 12.0 Å². The molecule has 0 aliphatic carbocycles. The van der Waals surface area contributed by atoms with Crippen LogP contribution in [0.4, 0.5) is 0 Å². The molecular weight excluding hydrogens is 468 g/mol. The van der Waals surface area contributed by atoms with Crippen molar-refractivity contribution >= 4 is 39.3 Å². The van der Waals surface area contributed by atoms with E-state index in [1.54, 1.807) is 19.2 Å². The van der Waals surface area contributed by atoms with Crippen LogP contribution >= 0.6 is 0 Å². The van der Waals surface area contributed by atoms with Crippen molar-refractivity contribution in [2.45, 2.75) is 39.8 Å². The van der Waals surface area contributed by atoms with E-state index in [2.05, 4.69) is 42.4 Å². The molecule has 0 aliphatic rings. The normalized spacial score (nSPS) is 11.3. The van der Waals surface area contributed by atoms with Gasteiger partial charge in [-0.25, -0.2) is 4.98 Å². The molecule has 0 atom stereocenters. The number of hydrogen-bond acceptors (Lipinski definition) is 5. The number of nitrogens with zero attached hydrogens (tertiary/aromatic N) is 5. The van der Waals surface area contributed by atoms with Crippen LogP contribution in [0.25, 0.3) is 38.6 Å². The second-order valence-corrected chi connectivity index (χ2v) is 9.49. The van der Waals surface area contributed by atoms with E-state index in [1.807, 2.05) is 49.0 Å². The molecule has 0 saturated carbocycles. The van der Waals surface area contributed by atoms with Crippen molar-refractivity contribution in [3.63, 3.8) is 0 Å². The van der Waals surface area contributed by atoms with Crippen LogP contribution in [0, 0.1) is 0 Å². The largest absolute Gasteiger partial charge is 0.338 e. The highest BCUT2D eigenvalue weighted by molar-refractivity contribution is 6.15. The van der Waals surface area contributed by atoms with Crippen LogP contribution in [-0.4, -0.2) is 49.1 Å². The number of benzene rings is 2. The lowest BCUT2D eigenvalue weighted by Crippen LogP contribution is -2.40. The molecule has 9 nitrogen and oxygen atoms in total. The topological polar surface area (TPSA) is 102 Å². The van der Waals surface area contributed by atoms with Crippen LogP contribution in [0.1, 0.15) is 33.7 Å². The number of fused-ring (bicyclic) bond motifs is 2. The second-order valence-electron chi connectivity index (χ2n) is 9.49. The minimum absolute atomic E-state index is 0.0713. The highest BCUT2D eigenvalue weighted by Crippen LogP contribution is 2.29. The fraction of sp³-hybridized carbons (Fsp3) is 0.250. The van der Waals surface area contributed by atoms with Crippen LogP contribution < -0.4 is 10.9 Å². The monoisotopic (exact) mass is 498 g/mol. The molecule has 4 aromatic rings. The Morgan fingerprint density at radius 2 is 1.81 bits per heavy atom. The van der Waals surface area contributed by atoms with Crippen LogP contribution in [-0.2, 0) is 9.59 Å². The van der Waals surface area contributed by atoms with Crippen LogP contribution in [0.3, 0.4) is 0 Å². The fourth-order valence-corrected chi connectivity index (χ4v) is 3.87. The molecule has 0 fully saturated rings. The van der Waals surface area contributed by atoms with Gasteiger partial charge in [-0.2, -0.15) is 5.10 Å². The third kappa shape index (κ3) is 4.80. The lowest BCUT2D eigenvalue weighted by Gasteiger charge is -2.22. The van der Waals surface area contributed by atoms with Gasteiger partial charge in [0.05, 0.1) is 22.1 Å². The summed E-state index contributed by atoms with van der Waals surface area (Å²) in [5.74, 6) is -1.15. The fourth-order valence-electron chi connectivity index (χ4n) is 3.87. The molecule has 1 N–H and O–H groups in total. The third-order valence-corrected chi connectivity index (χ3v) is 6.32. The van der Waals surface area contributed by atoms with Crippen molar-refractivity contribution in [3.05, 3.63) is 78.1 Å². The maximum absolute atomic E-state index is 13.3. The summed E-state index contributed by atoms with van der Waals surface area (Å²) >= 11 is 0. The van der Waals surface area contributed by atoms with E-state index < -0.39 is 17.4 Å². The van der Waals surface area contributed by atoms with Gasteiger partial charge >= 0.3 is 0 Å². The lowest BCUT2D eigenvalue weighted by atomic mass is 10.0. The average Bonchev–Trinajstić information content (AvgIpc) is 3.31. The molecule has 37 heavy (non-hydrogen) atoms. The molecule has 2 aromatic heterocycles. The number of likely N-dealkylation sites (N-methyl/N-ethyl adjacent to an activating group) is 1. The molecular formula is C28H30N6O3. The van der Waals surface area contributed by atoms with Crippen LogP contribution in [0.5, 0.6) is 0 Å². The van der Waals surface area contributed by atoms with E-state index in [1.165, 1.54) is 11.2 Å². The minimum Gasteiger partial charge on any atom is -0.338 e. The summed E-state index contributed by atoms with van der Waals surface area (Å²) in [6.45, 7) is 15.2. The molecule has 0 aliphatic heterocycles. The standard InChI is InChI=1S/C28H30N6O3/c1-16(2)32(7)27(36)18(5)30-26(35)19(6)33-15-29-25-22(9-8-10-23(25)28(33)37)20-11-12-24-21(13-20)14-34(31-24)17(3)4/h8-17H,5-6H2,1-4,7H3,(H,30,35). The highest BCUT2D eigenvalue weighted by Gasteiger charge is 2.20. The molecule has 4 rings (SSSR count). The summed E-state index contributed by atoms with van der Waals surface area (Å²) < 4.78 is 2.98. The Kier molecular flexibility index (Phi) is 6.80. The van der Waals surface area contributed by atoms with Crippen LogP contribution in [0.2, 0.25) is 0 Å². The first-order valence-electron chi connectivity index (χ1n) is 12.0. The van der Waals surface area contributed by atoms with Crippen molar-refractivity contribution in [1.82, 2.24) is 29.5 Å². The summed E-state index contributed by atoms with van der Waals surface area (Å²) in [4.78, 5) is 44.5. The predicted octanol–water partition coefficient (Wildman–Crippen LogP) is 3.96.